The van der Waals surface area contributed by atoms with Gasteiger partial charge in [-0.05, 0) is 18.1 Å². The van der Waals surface area contributed by atoms with Gasteiger partial charge in [-0.2, -0.15) is 0 Å². The second-order valence-electron chi connectivity index (χ2n) is 4.45. The zero-order chi connectivity index (χ0) is 13.4. The summed E-state index contributed by atoms with van der Waals surface area (Å²) in [6.45, 7) is 2.45. The van der Waals surface area contributed by atoms with Gasteiger partial charge in [0.05, 0.1) is 6.20 Å². The van der Waals surface area contributed by atoms with Crippen LogP contribution < -0.4 is 10.2 Å². The van der Waals surface area contributed by atoms with Crippen LogP contribution in [0.3, 0.4) is 0 Å². The van der Waals surface area contributed by atoms with E-state index in [0.29, 0.717) is 18.8 Å². The van der Waals surface area contributed by atoms with Gasteiger partial charge in [-0.3, -0.25) is 19.4 Å². The van der Waals surface area contributed by atoms with Crippen LogP contribution in [0.4, 0.5) is 10.6 Å². The maximum absolute atomic E-state index is 11.9. The maximum atomic E-state index is 11.9. The van der Waals surface area contributed by atoms with Crippen molar-refractivity contribution in [3.8, 4) is 0 Å². The first-order valence-electron chi connectivity index (χ1n) is 6.27. The molecular weight excluding hydrogens is 244 g/mol. The van der Waals surface area contributed by atoms with Crippen molar-refractivity contribution in [1.82, 2.24) is 14.7 Å². The summed E-state index contributed by atoms with van der Waals surface area (Å²) in [5.74, 6) is 0.458. The van der Waals surface area contributed by atoms with E-state index in [1.807, 2.05) is 22.7 Å². The molecule has 0 radical (unpaired) electrons. The second-order valence-corrected chi connectivity index (χ2v) is 4.45. The predicted molar refractivity (Wildman–Crippen MR) is 70.1 cm³/mol. The number of carbonyl (C=O) groups is 2. The number of rotatable bonds is 2. The van der Waals surface area contributed by atoms with Gasteiger partial charge in [-0.15, -0.1) is 0 Å². The SMILES string of the molecule is CCc1cccn2c(N3CCC(=O)NC3=O)cnc12. The summed E-state index contributed by atoms with van der Waals surface area (Å²) >= 11 is 0. The van der Waals surface area contributed by atoms with E-state index in [0.717, 1.165) is 17.6 Å². The topological polar surface area (TPSA) is 66.7 Å². The molecule has 0 aromatic carbocycles. The number of amides is 3. The highest BCUT2D eigenvalue weighted by Gasteiger charge is 2.26. The molecule has 0 saturated carbocycles. The predicted octanol–water partition coefficient (Wildman–Crippen LogP) is 1.34. The van der Waals surface area contributed by atoms with Gasteiger partial charge in [0.25, 0.3) is 0 Å². The maximum Gasteiger partial charge on any atom is 0.329 e. The molecule has 0 atom stereocenters. The number of urea groups is 1. The minimum absolute atomic E-state index is 0.232. The molecule has 1 fully saturated rings. The van der Waals surface area contributed by atoms with Gasteiger partial charge in [0.2, 0.25) is 5.91 Å². The Balaban J connectivity index is 2.06. The Morgan fingerprint density at radius 2 is 2.26 bits per heavy atom. The van der Waals surface area contributed by atoms with Gasteiger partial charge in [-0.25, -0.2) is 9.78 Å². The zero-order valence-electron chi connectivity index (χ0n) is 10.6. The molecule has 3 amide bonds. The lowest BCUT2D eigenvalue weighted by atomic mass is 10.2. The number of carbonyl (C=O) groups excluding carboxylic acids is 2. The summed E-state index contributed by atoms with van der Waals surface area (Å²) in [6, 6.07) is 3.57. The normalized spacial score (nSPS) is 15.9. The number of nitrogens with one attached hydrogen (secondary N) is 1. The van der Waals surface area contributed by atoms with Crippen LogP contribution in [-0.2, 0) is 11.2 Å². The molecule has 1 N–H and O–H groups in total. The Morgan fingerprint density at radius 3 is 3.00 bits per heavy atom. The number of anilines is 1. The number of hydrogen-bond donors (Lipinski definition) is 1. The number of aryl methyl sites for hydroxylation is 1. The van der Waals surface area contributed by atoms with Crippen LogP contribution in [0.2, 0.25) is 0 Å². The average Bonchev–Trinajstić information content (AvgIpc) is 2.82. The second kappa shape index (κ2) is 4.38. The molecule has 0 bridgehead atoms. The smallest absolute Gasteiger partial charge is 0.286 e. The molecule has 2 aromatic rings. The molecule has 0 aliphatic carbocycles. The summed E-state index contributed by atoms with van der Waals surface area (Å²) in [5.41, 5.74) is 1.98. The van der Waals surface area contributed by atoms with Crippen molar-refractivity contribution in [2.75, 3.05) is 11.4 Å². The van der Waals surface area contributed by atoms with Crippen molar-refractivity contribution >= 4 is 23.4 Å². The lowest BCUT2D eigenvalue weighted by Crippen LogP contribution is -2.50. The number of hydrogen-bond acceptors (Lipinski definition) is 3. The third-order valence-corrected chi connectivity index (χ3v) is 3.31. The minimum Gasteiger partial charge on any atom is -0.286 e. The van der Waals surface area contributed by atoms with Crippen molar-refractivity contribution in [1.29, 1.82) is 0 Å². The first-order chi connectivity index (χ1) is 9.20. The van der Waals surface area contributed by atoms with E-state index < -0.39 is 0 Å². The van der Waals surface area contributed by atoms with Crippen LogP contribution in [0.1, 0.15) is 18.9 Å². The fourth-order valence-corrected chi connectivity index (χ4v) is 2.31. The number of aromatic nitrogens is 2. The lowest BCUT2D eigenvalue weighted by molar-refractivity contribution is -0.120. The monoisotopic (exact) mass is 258 g/mol. The van der Waals surface area contributed by atoms with Gasteiger partial charge in [0.1, 0.15) is 11.5 Å². The molecule has 3 rings (SSSR count). The fourth-order valence-electron chi connectivity index (χ4n) is 2.31. The van der Waals surface area contributed by atoms with Crippen molar-refractivity contribution in [2.45, 2.75) is 19.8 Å². The summed E-state index contributed by atoms with van der Waals surface area (Å²) in [6.07, 6.45) is 4.74. The minimum atomic E-state index is -0.389. The molecule has 2 aromatic heterocycles. The molecule has 1 aliphatic rings. The fraction of sp³-hybridized carbons (Fsp3) is 0.308. The standard InChI is InChI=1S/C13H14N4O2/c1-2-9-4-3-6-16-11(8-14-12(9)16)17-7-5-10(18)15-13(17)19/h3-4,6,8H,2,5,7H2,1H3,(H,15,18,19). The molecular formula is C13H14N4O2. The van der Waals surface area contributed by atoms with Gasteiger partial charge >= 0.3 is 6.03 Å². The molecule has 6 heteroatoms. The molecule has 19 heavy (non-hydrogen) atoms. The van der Waals surface area contributed by atoms with Crippen LogP contribution in [0.5, 0.6) is 0 Å². The Kier molecular flexibility index (Phi) is 2.70. The van der Waals surface area contributed by atoms with Crippen molar-refractivity contribution in [3.63, 3.8) is 0 Å². The molecule has 1 saturated heterocycles. The molecule has 3 heterocycles. The van der Waals surface area contributed by atoms with Gasteiger partial charge in [0, 0.05) is 19.2 Å². The third kappa shape index (κ3) is 1.85. The highest BCUT2D eigenvalue weighted by atomic mass is 16.2. The molecule has 0 unspecified atom stereocenters. The van der Waals surface area contributed by atoms with Gasteiger partial charge < -0.3 is 0 Å². The number of imide groups is 1. The number of pyridine rings is 1. The van der Waals surface area contributed by atoms with Gasteiger partial charge in [-0.1, -0.05) is 13.0 Å². The van der Waals surface area contributed by atoms with E-state index in [9.17, 15) is 9.59 Å². The molecule has 98 valence electrons. The Labute approximate surface area is 110 Å². The van der Waals surface area contributed by atoms with Crippen LogP contribution >= 0.6 is 0 Å². The van der Waals surface area contributed by atoms with Crippen molar-refractivity contribution in [3.05, 3.63) is 30.1 Å². The molecule has 6 nitrogen and oxygen atoms in total. The van der Waals surface area contributed by atoms with Crippen LogP contribution in [-0.4, -0.2) is 27.9 Å². The highest BCUT2D eigenvalue weighted by Crippen LogP contribution is 2.21. The van der Waals surface area contributed by atoms with Crippen LogP contribution in [0.25, 0.3) is 5.65 Å². The Bertz CT molecular complexity index is 662. The first-order valence-corrected chi connectivity index (χ1v) is 6.27. The van der Waals surface area contributed by atoms with E-state index in [1.165, 1.54) is 0 Å². The summed E-state index contributed by atoms with van der Waals surface area (Å²) < 4.78 is 1.88. The number of nitrogens with zero attached hydrogens (tertiary/aromatic N) is 3. The molecule has 0 spiro atoms. The highest BCUT2D eigenvalue weighted by molar-refractivity contribution is 6.05. The van der Waals surface area contributed by atoms with E-state index in [-0.39, 0.29) is 11.9 Å². The first kappa shape index (κ1) is 11.7. The van der Waals surface area contributed by atoms with Crippen LogP contribution in [0, 0.1) is 0 Å². The molecule has 1 aliphatic heterocycles. The summed E-state index contributed by atoms with van der Waals surface area (Å²) in [4.78, 5) is 28.9. The van der Waals surface area contributed by atoms with E-state index in [1.54, 1.807) is 11.1 Å². The quantitative estimate of drug-likeness (QED) is 0.884. The lowest BCUT2D eigenvalue weighted by Gasteiger charge is -2.25. The summed E-state index contributed by atoms with van der Waals surface area (Å²) in [7, 11) is 0. The van der Waals surface area contributed by atoms with E-state index >= 15 is 0 Å². The number of imidazole rings is 1. The Morgan fingerprint density at radius 1 is 1.42 bits per heavy atom. The van der Waals surface area contributed by atoms with Crippen LogP contribution in [0.15, 0.2) is 24.5 Å². The van der Waals surface area contributed by atoms with E-state index in [2.05, 4.69) is 17.2 Å². The van der Waals surface area contributed by atoms with Gasteiger partial charge in [0.15, 0.2) is 0 Å². The Hall–Kier alpha value is -2.37. The van der Waals surface area contributed by atoms with Crippen molar-refractivity contribution in [2.24, 2.45) is 0 Å². The summed E-state index contributed by atoms with van der Waals surface area (Å²) in [5, 5.41) is 2.32. The van der Waals surface area contributed by atoms with E-state index in [4.69, 9.17) is 0 Å². The zero-order valence-corrected chi connectivity index (χ0v) is 10.6. The number of fused-ring (bicyclic) bond motifs is 1. The van der Waals surface area contributed by atoms with Crippen molar-refractivity contribution < 1.29 is 9.59 Å². The third-order valence-electron chi connectivity index (χ3n) is 3.31. The largest absolute Gasteiger partial charge is 0.329 e. The average molecular weight is 258 g/mol.